The third-order valence-electron chi connectivity index (χ3n) is 2.59. The van der Waals surface area contributed by atoms with Crippen molar-refractivity contribution in [1.82, 2.24) is 0 Å². The summed E-state index contributed by atoms with van der Waals surface area (Å²) in [5, 5.41) is 9.19. The Hall–Kier alpha value is -1.02. The van der Waals surface area contributed by atoms with Gasteiger partial charge < -0.3 is 9.84 Å². The maximum Gasteiger partial charge on any atom is 0.122 e. The van der Waals surface area contributed by atoms with E-state index in [1.54, 1.807) is 7.11 Å². The van der Waals surface area contributed by atoms with Crippen LogP contribution in [0, 0.1) is 20.8 Å². The maximum absolute atomic E-state index is 9.19. The molecule has 0 spiro atoms. The lowest BCUT2D eigenvalue weighted by molar-refractivity contribution is 0.279. The molecule has 0 saturated heterocycles. The molecule has 1 rings (SSSR count). The second-order valence-corrected chi connectivity index (χ2v) is 3.28. The molecule has 1 N–H and O–H groups in total. The van der Waals surface area contributed by atoms with Crippen LogP contribution in [0.2, 0.25) is 0 Å². The second-order valence-electron chi connectivity index (χ2n) is 3.28. The number of aryl methyl sites for hydroxylation is 1. The van der Waals surface area contributed by atoms with Crippen molar-refractivity contribution in [3.8, 4) is 5.75 Å². The summed E-state index contributed by atoms with van der Waals surface area (Å²) in [4.78, 5) is 0. The van der Waals surface area contributed by atoms with Crippen molar-refractivity contribution in [2.24, 2.45) is 0 Å². The summed E-state index contributed by atoms with van der Waals surface area (Å²) in [7, 11) is 1.65. The first kappa shape index (κ1) is 10.1. The molecule has 0 aliphatic carbocycles. The van der Waals surface area contributed by atoms with E-state index >= 15 is 0 Å². The van der Waals surface area contributed by atoms with Crippen LogP contribution in [0.4, 0.5) is 0 Å². The number of methoxy groups -OCH3 is 1. The van der Waals surface area contributed by atoms with Crippen LogP contribution in [0.15, 0.2) is 6.07 Å². The van der Waals surface area contributed by atoms with Gasteiger partial charge in [0.15, 0.2) is 0 Å². The predicted molar refractivity (Wildman–Crippen MR) is 53.1 cm³/mol. The lowest BCUT2D eigenvalue weighted by Crippen LogP contribution is -1.99. The summed E-state index contributed by atoms with van der Waals surface area (Å²) in [5.41, 5.74) is 4.33. The number of aliphatic hydroxyl groups is 1. The minimum Gasteiger partial charge on any atom is -0.496 e. The average Bonchev–Trinajstić information content (AvgIpc) is 2.12. The van der Waals surface area contributed by atoms with Crippen molar-refractivity contribution in [2.75, 3.05) is 7.11 Å². The minimum absolute atomic E-state index is 0.0791. The Kier molecular flexibility index (Phi) is 2.94. The third-order valence-corrected chi connectivity index (χ3v) is 2.59. The zero-order valence-electron chi connectivity index (χ0n) is 8.64. The molecule has 2 heteroatoms. The molecule has 2 nitrogen and oxygen atoms in total. The van der Waals surface area contributed by atoms with Crippen LogP contribution in [-0.2, 0) is 6.61 Å². The molecular formula is C11H16O2. The van der Waals surface area contributed by atoms with Crippen LogP contribution in [-0.4, -0.2) is 12.2 Å². The Morgan fingerprint density at radius 3 is 2.31 bits per heavy atom. The van der Waals surface area contributed by atoms with Crippen molar-refractivity contribution in [1.29, 1.82) is 0 Å². The van der Waals surface area contributed by atoms with Crippen molar-refractivity contribution in [2.45, 2.75) is 27.4 Å². The summed E-state index contributed by atoms with van der Waals surface area (Å²) in [5.74, 6) is 0.854. The normalized spacial score (nSPS) is 10.2. The molecule has 0 bridgehead atoms. The molecule has 0 aliphatic heterocycles. The SMILES string of the molecule is COc1cc(C)c(C)c(CO)c1C. The Morgan fingerprint density at radius 2 is 1.85 bits per heavy atom. The van der Waals surface area contributed by atoms with E-state index in [1.165, 1.54) is 0 Å². The molecule has 0 fully saturated rings. The van der Waals surface area contributed by atoms with Gasteiger partial charge in [-0.2, -0.15) is 0 Å². The van der Waals surface area contributed by atoms with Crippen molar-refractivity contribution in [3.05, 3.63) is 28.3 Å². The number of hydrogen-bond donors (Lipinski definition) is 1. The van der Waals surface area contributed by atoms with Gasteiger partial charge in [-0.1, -0.05) is 0 Å². The van der Waals surface area contributed by atoms with Crippen LogP contribution in [0.1, 0.15) is 22.3 Å². The Labute approximate surface area is 79.2 Å². The molecule has 1 aromatic rings. The van der Waals surface area contributed by atoms with Crippen LogP contribution in [0.25, 0.3) is 0 Å². The molecule has 0 heterocycles. The smallest absolute Gasteiger partial charge is 0.122 e. The van der Waals surface area contributed by atoms with E-state index in [2.05, 4.69) is 0 Å². The lowest BCUT2D eigenvalue weighted by Gasteiger charge is -2.14. The number of aliphatic hydroxyl groups excluding tert-OH is 1. The van der Waals surface area contributed by atoms with E-state index in [-0.39, 0.29) is 6.61 Å². The van der Waals surface area contributed by atoms with Gasteiger partial charge in [-0.05, 0) is 49.1 Å². The van der Waals surface area contributed by atoms with Crippen LogP contribution < -0.4 is 4.74 Å². The lowest BCUT2D eigenvalue weighted by atomic mass is 9.98. The van der Waals surface area contributed by atoms with Gasteiger partial charge in [0.2, 0.25) is 0 Å². The molecule has 0 aliphatic rings. The van der Waals surface area contributed by atoms with E-state index in [9.17, 15) is 5.11 Å². The summed E-state index contributed by atoms with van der Waals surface area (Å²) >= 11 is 0. The van der Waals surface area contributed by atoms with E-state index < -0.39 is 0 Å². The standard InChI is InChI=1S/C11H16O2/c1-7-5-11(13-4)9(3)10(6-12)8(7)2/h5,12H,6H2,1-4H3. The molecule has 1 aromatic carbocycles. The van der Waals surface area contributed by atoms with Crippen LogP contribution in [0.5, 0.6) is 5.75 Å². The maximum atomic E-state index is 9.19. The van der Waals surface area contributed by atoms with Crippen LogP contribution in [0.3, 0.4) is 0 Å². The molecule has 72 valence electrons. The van der Waals surface area contributed by atoms with E-state index in [4.69, 9.17) is 4.74 Å². The van der Waals surface area contributed by atoms with Crippen molar-refractivity contribution < 1.29 is 9.84 Å². The third kappa shape index (κ3) is 1.68. The van der Waals surface area contributed by atoms with Gasteiger partial charge in [0.05, 0.1) is 13.7 Å². The van der Waals surface area contributed by atoms with Gasteiger partial charge in [-0.25, -0.2) is 0 Å². The number of ether oxygens (including phenoxy) is 1. The van der Waals surface area contributed by atoms with Gasteiger partial charge in [0.25, 0.3) is 0 Å². The Morgan fingerprint density at radius 1 is 1.23 bits per heavy atom. The van der Waals surface area contributed by atoms with E-state index in [0.29, 0.717) is 0 Å². The molecule has 0 radical (unpaired) electrons. The summed E-state index contributed by atoms with van der Waals surface area (Å²) in [6.07, 6.45) is 0. The van der Waals surface area contributed by atoms with Crippen molar-refractivity contribution >= 4 is 0 Å². The molecule has 0 saturated carbocycles. The molecule has 0 unspecified atom stereocenters. The monoisotopic (exact) mass is 180 g/mol. The highest BCUT2D eigenvalue weighted by molar-refractivity contribution is 5.47. The van der Waals surface area contributed by atoms with Gasteiger partial charge >= 0.3 is 0 Å². The van der Waals surface area contributed by atoms with E-state index in [1.807, 2.05) is 26.8 Å². The summed E-state index contributed by atoms with van der Waals surface area (Å²) in [6.45, 7) is 6.09. The highest BCUT2D eigenvalue weighted by Crippen LogP contribution is 2.27. The van der Waals surface area contributed by atoms with Gasteiger partial charge in [-0.3, -0.25) is 0 Å². The van der Waals surface area contributed by atoms with Gasteiger partial charge in [0, 0.05) is 0 Å². The van der Waals surface area contributed by atoms with E-state index in [0.717, 1.165) is 28.0 Å². The summed E-state index contributed by atoms with van der Waals surface area (Å²) < 4.78 is 5.21. The van der Waals surface area contributed by atoms with Gasteiger partial charge in [-0.15, -0.1) is 0 Å². The first-order valence-corrected chi connectivity index (χ1v) is 4.36. The van der Waals surface area contributed by atoms with Gasteiger partial charge in [0.1, 0.15) is 5.75 Å². The fourth-order valence-electron chi connectivity index (χ4n) is 1.53. The molecule has 0 aromatic heterocycles. The number of rotatable bonds is 2. The Balaban J connectivity index is 3.39. The number of benzene rings is 1. The first-order valence-electron chi connectivity index (χ1n) is 4.36. The molecular weight excluding hydrogens is 164 g/mol. The highest BCUT2D eigenvalue weighted by Gasteiger charge is 2.09. The first-order chi connectivity index (χ1) is 6.11. The topological polar surface area (TPSA) is 29.5 Å². The second kappa shape index (κ2) is 3.79. The molecule has 0 atom stereocenters. The quantitative estimate of drug-likeness (QED) is 0.755. The number of hydrogen-bond acceptors (Lipinski definition) is 2. The zero-order chi connectivity index (χ0) is 10.0. The zero-order valence-corrected chi connectivity index (χ0v) is 8.64. The Bertz CT molecular complexity index is 316. The largest absolute Gasteiger partial charge is 0.496 e. The summed E-state index contributed by atoms with van der Waals surface area (Å²) in [6, 6.07) is 2.00. The average molecular weight is 180 g/mol. The highest BCUT2D eigenvalue weighted by atomic mass is 16.5. The van der Waals surface area contributed by atoms with Crippen LogP contribution >= 0.6 is 0 Å². The molecule has 0 amide bonds. The fourth-order valence-corrected chi connectivity index (χ4v) is 1.53. The predicted octanol–water partition coefficient (Wildman–Crippen LogP) is 2.11. The van der Waals surface area contributed by atoms with Crippen molar-refractivity contribution in [3.63, 3.8) is 0 Å². The molecule has 13 heavy (non-hydrogen) atoms. The fraction of sp³-hybridized carbons (Fsp3) is 0.455. The minimum atomic E-state index is 0.0791.